The predicted molar refractivity (Wildman–Crippen MR) is 96.4 cm³/mol. The molecule has 26 heavy (non-hydrogen) atoms. The second-order valence-corrected chi connectivity index (χ2v) is 6.69. The molecule has 0 spiro atoms. The van der Waals surface area contributed by atoms with Crippen molar-refractivity contribution in [2.75, 3.05) is 12.1 Å². The van der Waals surface area contributed by atoms with Crippen LogP contribution in [-0.4, -0.2) is 28.7 Å². The Hall–Kier alpha value is -2.83. The molecule has 2 heterocycles. The van der Waals surface area contributed by atoms with E-state index in [0.29, 0.717) is 23.8 Å². The fourth-order valence-electron chi connectivity index (χ4n) is 3.34. The smallest absolute Gasteiger partial charge is 0.254 e. The van der Waals surface area contributed by atoms with E-state index in [9.17, 15) is 4.79 Å². The van der Waals surface area contributed by atoms with Crippen molar-refractivity contribution in [1.29, 1.82) is 0 Å². The molecule has 1 aromatic carbocycles. The summed E-state index contributed by atoms with van der Waals surface area (Å²) < 4.78 is 10.7. The van der Waals surface area contributed by atoms with E-state index in [2.05, 4.69) is 20.6 Å². The molecule has 0 atom stereocenters. The highest BCUT2D eigenvalue weighted by Gasteiger charge is 2.20. The van der Waals surface area contributed by atoms with Crippen molar-refractivity contribution in [2.24, 2.45) is 0 Å². The summed E-state index contributed by atoms with van der Waals surface area (Å²) in [6.45, 7) is 2.65. The maximum Gasteiger partial charge on any atom is 0.254 e. The lowest BCUT2D eigenvalue weighted by Crippen LogP contribution is -2.33. The molecule has 0 bridgehead atoms. The molecule has 2 N–H and O–H groups in total. The van der Waals surface area contributed by atoms with Crippen molar-refractivity contribution in [2.45, 2.75) is 45.2 Å². The van der Waals surface area contributed by atoms with Gasteiger partial charge in [0.05, 0.1) is 11.3 Å². The summed E-state index contributed by atoms with van der Waals surface area (Å²) in [6, 6.07) is 6.08. The summed E-state index contributed by atoms with van der Waals surface area (Å²) >= 11 is 0. The summed E-state index contributed by atoms with van der Waals surface area (Å²) in [4.78, 5) is 21.1. The van der Waals surface area contributed by atoms with Crippen LogP contribution in [0.5, 0.6) is 11.5 Å². The quantitative estimate of drug-likeness (QED) is 0.859. The maximum absolute atomic E-state index is 12.4. The van der Waals surface area contributed by atoms with E-state index < -0.39 is 0 Å². The van der Waals surface area contributed by atoms with Crippen LogP contribution in [0.25, 0.3) is 0 Å². The topological polar surface area (TPSA) is 85.4 Å². The highest BCUT2D eigenvalue weighted by Crippen LogP contribution is 2.32. The average molecular weight is 354 g/mol. The Bertz CT molecular complexity index is 818. The number of carbonyl (C=O) groups is 1. The van der Waals surface area contributed by atoms with Gasteiger partial charge in [0.1, 0.15) is 0 Å². The van der Waals surface area contributed by atoms with Gasteiger partial charge in [0, 0.05) is 18.8 Å². The fourth-order valence-corrected chi connectivity index (χ4v) is 3.34. The summed E-state index contributed by atoms with van der Waals surface area (Å²) in [6.07, 6.45) is 6.07. The van der Waals surface area contributed by atoms with Gasteiger partial charge in [0.25, 0.3) is 5.91 Å². The third-order valence-corrected chi connectivity index (χ3v) is 4.80. The number of carbonyl (C=O) groups excluding carboxylic acids is 1. The summed E-state index contributed by atoms with van der Waals surface area (Å²) in [5, 5.41) is 6.25. The molecule has 1 aliphatic carbocycles. The normalized spacial score (nSPS) is 15.9. The van der Waals surface area contributed by atoms with Crippen LogP contribution in [-0.2, 0) is 6.54 Å². The number of ether oxygens (including phenoxy) is 2. The van der Waals surface area contributed by atoms with Crippen LogP contribution in [0, 0.1) is 6.92 Å². The van der Waals surface area contributed by atoms with Gasteiger partial charge in [-0.25, -0.2) is 9.97 Å². The molecule has 1 aliphatic heterocycles. The Morgan fingerprint density at radius 1 is 1.23 bits per heavy atom. The van der Waals surface area contributed by atoms with Crippen LogP contribution < -0.4 is 20.1 Å². The van der Waals surface area contributed by atoms with Crippen LogP contribution in [0.15, 0.2) is 24.4 Å². The van der Waals surface area contributed by atoms with E-state index in [4.69, 9.17) is 9.47 Å². The molecule has 1 amide bonds. The Balaban J connectivity index is 1.38. The Morgan fingerprint density at radius 2 is 2.04 bits per heavy atom. The van der Waals surface area contributed by atoms with Gasteiger partial charge in [-0.2, -0.15) is 0 Å². The number of rotatable bonds is 5. The number of fused-ring (bicyclic) bond motifs is 1. The van der Waals surface area contributed by atoms with Crippen LogP contribution in [0.3, 0.4) is 0 Å². The standard InChI is InChI=1S/C19H22N4O3/c1-12-15(18(24)23-14-4-2-3-5-14)10-21-19(22-12)20-9-13-6-7-16-17(8-13)26-11-25-16/h6-8,10,14H,2-5,9,11H2,1H3,(H,23,24)(H,20,21,22). The average Bonchev–Trinajstić information content (AvgIpc) is 3.30. The molecular formula is C19H22N4O3. The van der Waals surface area contributed by atoms with Crippen molar-refractivity contribution in [3.8, 4) is 11.5 Å². The molecule has 1 aromatic heterocycles. The third kappa shape index (κ3) is 3.56. The number of hydrogen-bond acceptors (Lipinski definition) is 6. The number of aromatic nitrogens is 2. The van der Waals surface area contributed by atoms with Gasteiger partial charge in [-0.3, -0.25) is 4.79 Å². The van der Waals surface area contributed by atoms with Gasteiger partial charge in [0.2, 0.25) is 12.7 Å². The first kappa shape index (κ1) is 16.6. The fraction of sp³-hybridized carbons (Fsp3) is 0.421. The molecule has 7 heteroatoms. The Kier molecular flexibility index (Phi) is 4.60. The van der Waals surface area contributed by atoms with Crippen molar-refractivity contribution >= 4 is 11.9 Å². The molecule has 1 saturated carbocycles. The van der Waals surface area contributed by atoms with Crippen molar-refractivity contribution in [3.05, 3.63) is 41.2 Å². The van der Waals surface area contributed by atoms with Gasteiger partial charge >= 0.3 is 0 Å². The van der Waals surface area contributed by atoms with Gasteiger partial charge in [-0.05, 0) is 37.5 Å². The van der Waals surface area contributed by atoms with Crippen molar-refractivity contribution < 1.29 is 14.3 Å². The summed E-state index contributed by atoms with van der Waals surface area (Å²) in [5.74, 6) is 1.92. The zero-order chi connectivity index (χ0) is 17.9. The van der Waals surface area contributed by atoms with Crippen LogP contribution in [0.2, 0.25) is 0 Å². The lowest BCUT2D eigenvalue weighted by molar-refractivity contribution is 0.0936. The molecule has 1 fully saturated rings. The number of nitrogens with zero attached hydrogens (tertiary/aromatic N) is 2. The van der Waals surface area contributed by atoms with E-state index in [0.717, 1.165) is 29.9 Å². The van der Waals surface area contributed by atoms with E-state index in [1.807, 2.05) is 25.1 Å². The first-order valence-electron chi connectivity index (χ1n) is 8.96. The Morgan fingerprint density at radius 3 is 2.85 bits per heavy atom. The van der Waals surface area contributed by atoms with E-state index in [-0.39, 0.29) is 18.7 Å². The van der Waals surface area contributed by atoms with Crippen molar-refractivity contribution in [1.82, 2.24) is 15.3 Å². The SMILES string of the molecule is Cc1nc(NCc2ccc3c(c2)OCO3)ncc1C(=O)NC1CCCC1. The number of amides is 1. The molecule has 2 aromatic rings. The predicted octanol–water partition coefficient (Wildman–Crippen LogP) is 2.80. The highest BCUT2D eigenvalue weighted by molar-refractivity contribution is 5.95. The molecule has 136 valence electrons. The lowest BCUT2D eigenvalue weighted by Gasteiger charge is -2.13. The number of anilines is 1. The van der Waals surface area contributed by atoms with Gasteiger partial charge < -0.3 is 20.1 Å². The molecule has 2 aliphatic rings. The first-order chi connectivity index (χ1) is 12.7. The van der Waals surface area contributed by atoms with Crippen LogP contribution >= 0.6 is 0 Å². The van der Waals surface area contributed by atoms with Gasteiger partial charge in [0.15, 0.2) is 11.5 Å². The number of nitrogens with one attached hydrogen (secondary N) is 2. The molecule has 0 saturated heterocycles. The molecule has 7 nitrogen and oxygen atoms in total. The third-order valence-electron chi connectivity index (χ3n) is 4.80. The maximum atomic E-state index is 12.4. The van der Waals surface area contributed by atoms with Crippen LogP contribution in [0.1, 0.15) is 47.3 Å². The highest BCUT2D eigenvalue weighted by atomic mass is 16.7. The zero-order valence-corrected chi connectivity index (χ0v) is 14.7. The lowest BCUT2D eigenvalue weighted by atomic mass is 10.2. The van der Waals surface area contributed by atoms with E-state index in [1.165, 1.54) is 12.8 Å². The summed E-state index contributed by atoms with van der Waals surface area (Å²) in [7, 11) is 0. The minimum Gasteiger partial charge on any atom is -0.454 e. The van der Waals surface area contributed by atoms with E-state index in [1.54, 1.807) is 6.20 Å². The second-order valence-electron chi connectivity index (χ2n) is 6.69. The van der Waals surface area contributed by atoms with Crippen LogP contribution in [0.4, 0.5) is 5.95 Å². The number of hydrogen-bond donors (Lipinski definition) is 2. The molecular weight excluding hydrogens is 332 g/mol. The van der Waals surface area contributed by atoms with Gasteiger partial charge in [-0.15, -0.1) is 0 Å². The molecule has 0 unspecified atom stereocenters. The minimum absolute atomic E-state index is 0.0864. The zero-order valence-electron chi connectivity index (χ0n) is 14.7. The second kappa shape index (κ2) is 7.19. The first-order valence-corrected chi connectivity index (χ1v) is 8.96. The van der Waals surface area contributed by atoms with Crippen molar-refractivity contribution in [3.63, 3.8) is 0 Å². The summed E-state index contributed by atoms with van der Waals surface area (Å²) in [5.41, 5.74) is 2.24. The monoisotopic (exact) mass is 354 g/mol. The molecule has 0 radical (unpaired) electrons. The number of benzene rings is 1. The van der Waals surface area contributed by atoms with Gasteiger partial charge in [-0.1, -0.05) is 18.9 Å². The van der Waals surface area contributed by atoms with E-state index >= 15 is 0 Å². The molecule has 4 rings (SSSR count). The number of aryl methyl sites for hydroxylation is 1. The largest absolute Gasteiger partial charge is 0.454 e. The Labute approximate surface area is 152 Å². The minimum atomic E-state index is -0.0864.